The van der Waals surface area contributed by atoms with Crippen molar-refractivity contribution in [1.82, 2.24) is 0 Å². The van der Waals surface area contributed by atoms with Gasteiger partial charge in [-0.3, -0.25) is 4.79 Å². The maximum Gasteiger partial charge on any atom is 0.239 e. The van der Waals surface area contributed by atoms with Crippen molar-refractivity contribution in [2.24, 2.45) is 0 Å². The SMILES string of the molecule is O=C(CS(=O)(=O)Cc1ccccc1Cl)Nc1ccccc1F. The summed E-state index contributed by atoms with van der Waals surface area (Å²) in [6.07, 6.45) is 0. The quantitative estimate of drug-likeness (QED) is 0.909. The van der Waals surface area contributed by atoms with Gasteiger partial charge in [0.2, 0.25) is 5.91 Å². The third kappa shape index (κ3) is 4.54. The maximum absolute atomic E-state index is 13.4. The largest absolute Gasteiger partial charge is 0.323 e. The Labute approximate surface area is 132 Å². The standard InChI is InChI=1S/C15H13ClFNO3S/c16-12-6-2-1-5-11(12)9-22(20,21)10-15(19)18-14-8-4-3-7-13(14)17/h1-8H,9-10H2,(H,18,19). The first-order chi connectivity index (χ1) is 10.4. The molecule has 0 fully saturated rings. The monoisotopic (exact) mass is 341 g/mol. The molecular weight excluding hydrogens is 329 g/mol. The minimum atomic E-state index is -3.71. The molecule has 0 spiro atoms. The van der Waals surface area contributed by atoms with Crippen LogP contribution < -0.4 is 5.32 Å². The minimum Gasteiger partial charge on any atom is -0.323 e. The molecule has 4 nitrogen and oxygen atoms in total. The zero-order valence-corrected chi connectivity index (χ0v) is 13.0. The fourth-order valence-corrected chi connectivity index (χ4v) is 3.43. The van der Waals surface area contributed by atoms with E-state index >= 15 is 0 Å². The lowest BCUT2D eigenvalue weighted by Gasteiger charge is -2.08. The lowest BCUT2D eigenvalue weighted by atomic mass is 10.2. The van der Waals surface area contributed by atoms with Crippen LogP contribution in [0.2, 0.25) is 5.02 Å². The first-order valence-electron chi connectivity index (χ1n) is 6.35. The summed E-state index contributed by atoms with van der Waals surface area (Å²) in [5.41, 5.74) is 0.364. The molecule has 2 rings (SSSR count). The van der Waals surface area contributed by atoms with Crippen LogP contribution in [-0.4, -0.2) is 20.1 Å². The number of carbonyl (C=O) groups excluding carboxylic acids is 1. The lowest BCUT2D eigenvalue weighted by Crippen LogP contribution is -2.24. The summed E-state index contributed by atoms with van der Waals surface area (Å²) >= 11 is 5.90. The fraction of sp³-hybridized carbons (Fsp3) is 0.133. The minimum absolute atomic E-state index is 0.0551. The second-order valence-corrected chi connectivity index (χ2v) is 7.12. The molecule has 22 heavy (non-hydrogen) atoms. The van der Waals surface area contributed by atoms with Gasteiger partial charge < -0.3 is 5.32 Å². The predicted molar refractivity (Wildman–Crippen MR) is 84.0 cm³/mol. The maximum atomic E-state index is 13.4. The number of anilines is 1. The molecule has 2 aromatic rings. The van der Waals surface area contributed by atoms with Crippen molar-refractivity contribution in [3.8, 4) is 0 Å². The predicted octanol–water partition coefficient (Wildman–Crippen LogP) is 3.03. The second-order valence-electron chi connectivity index (χ2n) is 4.65. The second kappa shape index (κ2) is 6.89. The number of benzene rings is 2. The molecular formula is C15H13ClFNO3S. The van der Waals surface area contributed by atoms with E-state index in [9.17, 15) is 17.6 Å². The Bertz CT molecular complexity index is 793. The van der Waals surface area contributed by atoms with E-state index in [1.54, 1.807) is 24.3 Å². The number of amides is 1. The Morgan fingerprint density at radius 3 is 2.41 bits per heavy atom. The van der Waals surface area contributed by atoms with Gasteiger partial charge >= 0.3 is 0 Å². The van der Waals surface area contributed by atoms with E-state index in [-0.39, 0.29) is 11.4 Å². The smallest absolute Gasteiger partial charge is 0.239 e. The molecule has 0 aliphatic rings. The van der Waals surface area contributed by atoms with E-state index in [1.165, 1.54) is 24.3 Å². The highest BCUT2D eigenvalue weighted by Gasteiger charge is 2.19. The number of carbonyl (C=O) groups is 1. The molecule has 1 amide bonds. The summed E-state index contributed by atoms with van der Waals surface area (Å²) in [4.78, 5) is 11.8. The van der Waals surface area contributed by atoms with Crippen molar-refractivity contribution in [3.63, 3.8) is 0 Å². The average molecular weight is 342 g/mol. The molecule has 0 saturated carbocycles. The Kier molecular flexibility index (Phi) is 5.15. The molecule has 0 radical (unpaired) electrons. The number of sulfone groups is 1. The number of para-hydroxylation sites is 1. The molecule has 0 aliphatic carbocycles. The molecule has 0 atom stereocenters. The highest BCUT2D eigenvalue weighted by molar-refractivity contribution is 7.91. The van der Waals surface area contributed by atoms with E-state index in [2.05, 4.69) is 5.32 Å². The van der Waals surface area contributed by atoms with Crippen LogP contribution in [0.4, 0.5) is 10.1 Å². The molecule has 0 bridgehead atoms. The third-order valence-corrected chi connectivity index (χ3v) is 4.65. The van der Waals surface area contributed by atoms with Gasteiger partial charge in [0.1, 0.15) is 11.6 Å². The first kappa shape index (κ1) is 16.5. The number of hydrogen-bond acceptors (Lipinski definition) is 3. The zero-order valence-electron chi connectivity index (χ0n) is 11.4. The Morgan fingerprint density at radius 2 is 1.73 bits per heavy atom. The molecule has 116 valence electrons. The molecule has 0 aromatic heterocycles. The summed E-state index contributed by atoms with van der Waals surface area (Å²) in [6, 6.07) is 12.0. The summed E-state index contributed by atoms with van der Waals surface area (Å²) < 4.78 is 37.5. The molecule has 0 unspecified atom stereocenters. The zero-order chi connectivity index (χ0) is 16.2. The Morgan fingerprint density at radius 1 is 1.09 bits per heavy atom. The van der Waals surface area contributed by atoms with Gasteiger partial charge in [-0.05, 0) is 23.8 Å². The lowest BCUT2D eigenvalue weighted by molar-refractivity contribution is -0.113. The van der Waals surface area contributed by atoms with Crippen LogP contribution in [0, 0.1) is 5.82 Å². The van der Waals surface area contributed by atoms with Crippen molar-refractivity contribution in [2.75, 3.05) is 11.1 Å². The van der Waals surface area contributed by atoms with Crippen molar-refractivity contribution < 1.29 is 17.6 Å². The van der Waals surface area contributed by atoms with Crippen molar-refractivity contribution in [3.05, 3.63) is 64.9 Å². The van der Waals surface area contributed by atoms with Crippen LogP contribution in [0.1, 0.15) is 5.56 Å². The summed E-state index contributed by atoms with van der Waals surface area (Å²) in [5, 5.41) is 2.56. The number of rotatable bonds is 5. The molecule has 7 heteroatoms. The van der Waals surface area contributed by atoms with Gasteiger partial charge in [-0.2, -0.15) is 0 Å². The van der Waals surface area contributed by atoms with E-state index in [0.717, 1.165) is 0 Å². The normalized spacial score (nSPS) is 11.2. The molecule has 1 N–H and O–H groups in total. The first-order valence-corrected chi connectivity index (χ1v) is 8.55. The van der Waals surface area contributed by atoms with Crippen molar-refractivity contribution in [2.45, 2.75) is 5.75 Å². The number of nitrogens with one attached hydrogen (secondary N) is 1. The Balaban J connectivity index is 2.04. The van der Waals surface area contributed by atoms with Gasteiger partial charge in [0, 0.05) is 5.02 Å². The van der Waals surface area contributed by atoms with Gasteiger partial charge in [0.05, 0.1) is 11.4 Å². The molecule has 0 aliphatic heterocycles. The molecule has 0 heterocycles. The van der Waals surface area contributed by atoms with Crippen LogP contribution in [-0.2, 0) is 20.4 Å². The average Bonchev–Trinajstić information content (AvgIpc) is 2.43. The van der Waals surface area contributed by atoms with E-state index < -0.39 is 27.3 Å². The van der Waals surface area contributed by atoms with Crippen LogP contribution in [0.5, 0.6) is 0 Å². The van der Waals surface area contributed by atoms with Crippen LogP contribution in [0.3, 0.4) is 0 Å². The van der Waals surface area contributed by atoms with Crippen LogP contribution in [0.15, 0.2) is 48.5 Å². The highest BCUT2D eigenvalue weighted by Crippen LogP contribution is 2.18. The summed E-state index contributed by atoms with van der Waals surface area (Å²) in [5.74, 6) is -2.51. The summed E-state index contributed by atoms with van der Waals surface area (Å²) in [7, 11) is -3.71. The highest BCUT2D eigenvalue weighted by atomic mass is 35.5. The van der Waals surface area contributed by atoms with E-state index in [4.69, 9.17) is 11.6 Å². The van der Waals surface area contributed by atoms with E-state index in [1.807, 2.05) is 0 Å². The topological polar surface area (TPSA) is 63.2 Å². The van der Waals surface area contributed by atoms with Crippen molar-refractivity contribution in [1.29, 1.82) is 0 Å². The molecule has 2 aromatic carbocycles. The van der Waals surface area contributed by atoms with Gasteiger partial charge in [-0.1, -0.05) is 41.9 Å². The van der Waals surface area contributed by atoms with Gasteiger partial charge in [0.25, 0.3) is 0 Å². The Hall–Kier alpha value is -1.92. The number of halogens is 2. The van der Waals surface area contributed by atoms with E-state index in [0.29, 0.717) is 10.6 Å². The third-order valence-electron chi connectivity index (χ3n) is 2.83. The van der Waals surface area contributed by atoms with Crippen molar-refractivity contribution >= 4 is 33.0 Å². The molecule has 0 saturated heterocycles. The van der Waals surface area contributed by atoms with Gasteiger partial charge in [0.15, 0.2) is 9.84 Å². The van der Waals surface area contributed by atoms with Gasteiger partial charge in [-0.15, -0.1) is 0 Å². The summed E-state index contributed by atoms with van der Waals surface area (Å²) in [6.45, 7) is 0. The number of hydrogen-bond donors (Lipinski definition) is 1. The van der Waals surface area contributed by atoms with Crippen LogP contribution in [0.25, 0.3) is 0 Å². The van der Waals surface area contributed by atoms with Gasteiger partial charge in [-0.25, -0.2) is 12.8 Å². The fourth-order valence-electron chi connectivity index (χ4n) is 1.85. The van der Waals surface area contributed by atoms with Crippen LogP contribution >= 0.6 is 11.6 Å².